The fourth-order valence-electron chi connectivity index (χ4n) is 3.56. The van der Waals surface area contributed by atoms with Gasteiger partial charge in [-0.25, -0.2) is 4.68 Å². The van der Waals surface area contributed by atoms with Gasteiger partial charge in [0.2, 0.25) is 0 Å². The van der Waals surface area contributed by atoms with Crippen LogP contribution in [0.5, 0.6) is 0 Å². The number of halogens is 2. The molecule has 4 rings (SSSR count). The molecule has 0 unspecified atom stereocenters. The molecule has 1 aliphatic rings. The molecule has 3 heterocycles. The first-order valence-electron chi connectivity index (χ1n) is 9.12. The van der Waals surface area contributed by atoms with Gasteiger partial charge in [-0.1, -0.05) is 30.3 Å². The summed E-state index contributed by atoms with van der Waals surface area (Å²) in [5.74, 6) is 1.20. The zero-order chi connectivity index (χ0) is 19.7. The summed E-state index contributed by atoms with van der Waals surface area (Å²) in [7, 11) is 0. The Kier molecular flexibility index (Phi) is 4.89. The summed E-state index contributed by atoms with van der Waals surface area (Å²) in [6.07, 6.45) is 2.73. The third-order valence-electron chi connectivity index (χ3n) is 4.89. The molecular weight excluding hydrogens is 366 g/mol. The van der Waals surface area contributed by atoms with Gasteiger partial charge in [-0.3, -0.25) is 4.79 Å². The molecule has 0 N–H and O–H groups in total. The van der Waals surface area contributed by atoms with Crippen LogP contribution in [-0.4, -0.2) is 41.9 Å². The van der Waals surface area contributed by atoms with Crippen LogP contribution in [0.1, 0.15) is 47.2 Å². The highest BCUT2D eigenvalue weighted by Gasteiger charge is 2.30. The third-order valence-corrected chi connectivity index (χ3v) is 4.89. The second kappa shape index (κ2) is 7.49. The average Bonchev–Trinajstić information content (AvgIpc) is 3.34. The van der Waals surface area contributed by atoms with E-state index in [9.17, 15) is 13.6 Å². The van der Waals surface area contributed by atoms with Gasteiger partial charge in [-0.15, -0.1) is 10.2 Å². The maximum absolute atomic E-state index is 12.7. The van der Waals surface area contributed by atoms with Crippen LogP contribution in [0, 0.1) is 0 Å². The maximum atomic E-state index is 12.7. The van der Waals surface area contributed by atoms with E-state index in [2.05, 4.69) is 32.0 Å². The first-order valence-corrected chi connectivity index (χ1v) is 9.12. The van der Waals surface area contributed by atoms with E-state index < -0.39 is 6.55 Å². The molecule has 0 bridgehead atoms. The number of hydrogen-bond acceptors (Lipinski definition) is 4. The van der Waals surface area contributed by atoms with Gasteiger partial charge in [0.05, 0.1) is 12.6 Å². The Morgan fingerprint density at radius 2 is 1.96 bits per heavy atom. The summed E-state index contributed by atoms with van der Waals surface area (Å²) in [5.41, 5.74) is 1.24. The van der Waals surface area contributed by atoms with E-state index >= 15 is 0 Å². The van der Waals surface area contributed by atoms with Crippen LogP contribution in [0.4, 0.5) is 8.78 Å². The van der Waals surface area contributed by atoms with Crippen LogP contribution in [0.3, 0.4) is 0 Å². The second-order valence-electron chi connectivity index (χ2n) is 6.88. The van der Waals surface area contributed by atoms with Crippen LogP contribution < -0.4 is 0 Å². The molecule has 1 aliphatic heterocycles. The smallest absolute Gasteiger partial charge is 0.328 e. The number of nitrogens with zero attached hydrogens (tertiary/aromatic N) is 6. The zero-order valence-corrected chi connectivity index (χ0v) is 15.4. The number of fused-ring (bicyclic) bond motifs is 1. The lowest BCUT2D eigenvalue weighted by Gasteiger charge is -2.32. The average molecular weight is 386 g/mol. The summed E-state index contributed by atoms with van der Waals surface area (Å²) in [6, 6.07) is 11.5. The largest absolute Gasteiger partial charge is 0.333 e. The fraction of sp³-hybridized carbons (Fsp3) is 0.368. The minimum atomic E-state index is -2.77. The number of amides is 1. The van der Waals surface area contributed by atoms with Gasteiger partial charge < -0.3 is 9.47 Å². The summed E-state index contributed by atoms with van der Waals surface area (Å²) in [6.45, 7) is -0.0415. The topological polar surface area (TPSA) is 68.8 Å². The fourth-order valence-corrected chi connectivity index (χ4v) is 3.56. The molecule has 0 saturated heterocycles. The molecule has 146 valence electrons. The number of aryl methyl sites for hydroxylation is 2. The van der Waals surface area contributed by atoms with Crippen LogP contribution in [-0.2, 0) is 19.4 Å². The van der Waals surface area contributed by atoms with Gasteiger partial charge in [-0.2, -0.15) is 13.9 Å². The van der Waals surface area contributed by atoms with E-state index in [4.69, 9.17) is 0 Å². The predicted octanol–water partition coefficient (Wildman–Crippen LogP) is 2.87. The van der Waals surface area contributed by atoms with Crippen molar-refractivity contribution in [2.24, 2.45) is 0 Å². The van der Waals surface area contributed by atoms with Gasteiger partial charge in [-0.05, 0) is 25.0 Å². The van der Waals surface area contributed by atoms with Crippen molar-refractivity contribution in [3.63, 3.8) is 0 Å². The summed E-state index contributed by atoms with van der Waals surface area (Å²) < 4.78 is 27.9. The monoisotopic (exact) mass is 386 g/mol. The molecule has 0 fully saturated rings. The molecule has 2 aromatic heterocycles. The van der Waals surface area contributed by atoms with E-state index in [0.29, 0.717) is 17.1 Å². The number of hydrogen-bond donors (Lipinski definition) is 0. The molecular formula is C19H20F2N6O. The van der Waals surface area contributed by atoms with Gasteiger partial charge >= 0.3 is 6.55 Å². The van der Waals surface area contributed by atoms with E-state index in [1.807, 2.05) is 25.1 Å². The summed E-state index contributed by atoms with van der Waals surface area (Å²) in [4.78, 5) is 14.2. The number of carbonyl (C=O) groups is 1. The maximum Gasteiger partial charge on any atom is 0.333 e. The van der Waals surface area contributed by atoms with Crippen molar-refractivity contribution in [3.8, 4) is 0 Å². The Hall–Kier alpha value is -3.10. The quantitative estimate of drug-likeness (QED) is 0.676. The molecule has 3 aromatic rings. The molecule has 1 aromatic carbocycles. The standard InChI is InChI=1S/C19H20F2N6O/c1-13-11-25(18(28)15-9-10-26(24-15)19(20)21)12-17-23-22-16(27(13)17)8-7-14-5-3-2-4-6-14/h2-6,9-10,13,19H,7-8,11-12H2,1H3/t13-/m0/s1. The normalized spacial score (nSPS) is 16.4. The van der Waals surface area contributed by atoms with Gasteiger partial charge in [0.15, 0.2) is 11.5 Å². The Morgan fingerprint density at radius 1 is 1.18 bits per heavy atom. The summed E-state index contributed by atoms with van der Waals surface area (Å²) >= 11 is 0. The van der Waals surface area contributed by atoms with Gasteiger partial charge in [0.25, 0.3) is 5.91 Å². The zero-order valence-electron chi connectivity index (χ0n) is 15.4. The van der Waals surface area contributed by atoms with Crippen molar-refractivity contribution in [2.45, 2.75) is 38.9 Å². The molecule has 0 saturated carbocycles. The van der Waals surface area contributed by atoms with Crippen molar-refractivity contribution in [1.82, 2.24) is 29.4 Å². The molecule has 7 nitrogen and oxygen atoms in total. The predicted molar refractivity (Wildman–Crippen MR) is 96.8 cm³/mol. The Labute approximate surface area is 160 Å². The highest BCUT2D eigenvalue weighted by atomic mass is 19.3. The summed E-state index contributed by atoms with van der Waals surface area (Å²) in [5, 5.41) is 12.2. The SMILES string of the molecule is C[C@H]1CN(C(=O)c2ccn(C(F)F)n2)Cc2nnc(CCc3ccccc3)n21. The number of carbonyl (C=O) groups excluding carboxylic acids is 1. The first kappa shape index (κ1) is 18.3. The van der Waals surface area contributed by atoms with Crippen LogP contribution in [0.25, 0.3) is 0 Å². The van der Waals surface area contributed by atoms with E-state index in [0.717, 1.165) is 24.9 Å². The number of aromatic nitrogens is 5. The van der Waals surface area contributed by atoms with Crippen molar-refractivity contribution >= 4 is 5.91 Å². The Balaban J connectivity index is 1.48. The van der Waals surface area contributed by atoms with Crippen molar-refractivity contribution < 1.29 is 13.6 Å². The lowest BCUT2D eigenvalue weighted by Crippen LogP contribution is -2.41. The van der Waals surface area contributed by atoms with E-state index in [-0.39, 0.29) is 24.2 Å². The molecule has 0 aliphatic carbocycles. The second-order valence-corrected chi connectivity index (χ2v) is 6.88. The minimum Gasteiger partial charge on any atom is -0.328 e. The first-order chi connectivity index (χ1) is 13.5. The van der Waals surface area contributed by atoms with E-state index in [1.54, 1.807) is 4.90 Å². The highest BCUT2D eigenvalue weighted by Crippen LogP contribution is 2.23. The molecule has 28 heavy (non-hydrogen) atoms. The number of benzene rings is 1. The molecule has 1 atom stereocenters. The van der Waals surface area contributed by atoms with Crippen LogP contribution in [0.15, 0.2) is 42.6 Å². The van der Waals surface area contributed by atoms with E-state index in [1.165, 1.54) is 11.6 Å². The lowest BCUT2D eigenvalue weighted by atomic mass is 10.1. The third kappa shape index (κ3) is 3.51. The Bertz CT molecular complexity index is 968. The Morgan fingerprint density at radius 3 is 2.68 bits per heavy atom. The van der Waals surface area contributed by atoms with Crippen LogP contribution in [0.2, 0.25) is 0 Å². The van der Waals surface area contributed by atoms with Gasteiger partial charge in [0.1, 0.15) is 5.82 Å². The minimum absolute atomic E-state index is 0.00441. The molecule has 0 spiro atoms. The lowest BCUT2D eigenvalue weighted by molar-refractivity contribution is 0.0543. The number of rotatable bonds is 5. The molecule has 0 radical (unpaired) electrons. The van der Waals surface area contributed by atoms with Crippen molar-refractivity contribution in [3.05, 3.63) is 65.5 Å². The number of alkyl halides is 2. The van der Waals surface area contributed by atoms with Crippen LogP contribution >= 0.6 is 0 Å². The molecule has 1 amide bonds. The highest BCUT2D eigenvalue weighted by molar-refractivity contribution is 5.92. The van der Waals surface area contributed by atoms with Gasteiger partial charge in [0, 0.05) is 19.2 Å². The van der Waals surface area contributed by atoms with Crippen molar-refractivity contribution in [1.29, 1.82) is 0 Å². The van der Waals surface area contributed by atoms with Crippen molar-refractivity contribution in [2.75, 3.05) is 6.54 Å². The molecule has 9 heteroatoms.